The first-order valence-corrected chi connectivity index (χ1v) is 9.75. The van der Waals surface area contributed by atoms with Gasteiger partial charge in [0.05, 0.1) is 24.9 Å². The standard InChI is InChI=1S/C21H24ClN3O3/c1-2-27-19-8-4-3-7-18(19)24-21(23-14-17-6-5-13-28-17)25-20(26)15-9-11-16(22)12-10-15/h3-4,7-12,17H,2,5-6,13-14H2,1H3,(H2,23,24,25,26)/t17-/m1/s1. The van der Waals surface area contributed by atoms with Crippen molar-refractivity contribution in [2.24, 2.45) is 4.99 Å². The highest BCUT2D eigenvalue weighted by Gasteiger charge is 2.16. The summed E-state index contributed by atoms with van der Waals surface area (Å²) in [5.41, 5.74) is 1.22. The fourth-order valence-electron chi connectivity index (χ4n) is 2.85. The van der Waals surface area contributed by atoms with E-state index < -0.39 is 0 Å². The number of guanidine groups is 1. The van der Waals surface area contributed by atoms with Crippen LogP contribution in [0.1, 0.15) is 30.1 Å². The normalized spacial score (nSPS) is 16.6. The lowest BCUT2D eigenvalue weighted by Gasteiger charge is -2.16. The fraction of sp³-hybridized carbons (Fsp3) is 0.333. The van der Waals surface area contributed by atoms with Gasteiger partial charge in [-0.25, -0.2) is 4.99 Å². The molecule has 0 spiro atoms. The molecule has 2 aromatic carbocycles. The molecule has 28 heavy (non-hydrogen) atoms. The van der Waals surface area contributed by atoms with Gasteiger partial charge in [-0.2, -0.15) is 0 Å². The Morgan fingerprint density at radius 3 is 2.75 bits per heavy atom. The van der Waals surface area contributed by atoms with E-state index in [4.69, 9.17) is 21.1 Å². The van der Waals surface area contributed by atoms with Crippen LogP contribution in [-0.2, 0) is 4.74 Å². The minimum Gasteiger partial charge on any atom is -0.492 e. The van der Waals surface area contributed by atoms with Gasteiger partial charge < -0.3 is 14.8 Å². The zero-order valence-electron chi connectivity index (χ0n) is 15.8. The molecule has 3 rings (SSSR count). The minimum atomic E-state index is -0.274. The van der Waals surface area contributed by atoms with E-state index in [-0.39, 0.29) is 12.0 Å². The monoisotopic (exact) mass is 401 g/mol. The Hall–Kier alpha value is -2.57. The van der Waals surface area contributed by atoms with E-state index in [1.54, 1.807) is 24.3 Å². The molecule has 7 heteroatoms. The van der Waals surface area contributed by atoms with Crippen molar-refractivity contribution < 1.29 is 14.3 Å². The molecular weight excluding hydrogens is 378 g/mol. The van der Waals surface area contributed by atoms with Crippen LogP contribution in [-0.4, -0.2) is 37.7 Å². The molecule has 1 aliphatic rings. The molecule has 0 bridgehead atoms. The Bertz CT molecular complexity index is 818. The van der Waals surface area contributed by atoms with Crippen LogP contribution >= 0.6 is 11.6 Å². The summed E-state index contributed by atoms with van der Waals surface area (Å²) in [6, 6.07) is 14.2. The number of carbonyl (C=O) groups is 1. The molecule has 1 saturated heterocycles. The van der Waals surface area contributed by atoms with E-state index in [9.17, 15) is 4.79 Å². The molecule has 0 aromatic heterocycles. The first kappa shape index (κ1) is 20.2. The van der Waals surface area contributed by atoms with E-state index in [1.807, 2.05) is 31.2 Å². The molecule has 6 nitrogen and oxygen atoms in total. The molecule has 2 aromatic rings. The second kappa shape index (κ2) is 10.1. The Morgan fingerprint density at radius 2 is 2.04 bits per heavy atom. The Labute approximate surface area is 169 Å². The van der Waals surface area contributed by atoms with Gasteiger partial charge in [0.1, 0.15) is 5.75 Å². The van der Waals surface area contributed by atoms with Crippen LogP contribution in [0.3, 0.4) is 0 Å². The average molecular weight is 402 g/mol. The van der Waals surface area contributed by atoms with Gasteiger partial charge in [-0.05, 0) is 56.2 Å². The number of hydrogen-bond acceptors (Lipinski definition) is 4. The lowest BCUT2D eigenvalue weighted by atomic mass is 10.2. The van der Waals surface area contributed by atoms with Crippen LogP contribution in [0.25, 0.3) is 0 Å². The van der Waals surface area contributed by atoms with Gasteiger partial charge in [-0.3, -0.25) is 10.1 Å². The molecule has 1 heterocycles. The number of para-hydroxylation sites is 2. The SMILES string of the molecule is CCOc1ccccc1NC(=NC[C@H]1CCCO1)NC(=O)c1ccc(Cl)cc1. The summed E-state index contributed by atoms with van der Waals surface area (Å²) in [7, 11) is 0. The number of anilines is 1. The number of carbonyl (C=O) groups excluding carboxylic acids is 1. The van der Waals surface area contributed by atoms with Gasteiger partial charge in [0.25, 0.3) is 5.91 Å². The Balaban J connectivity index is 1.77. The van der Waals surface area contributed by atoms with E-state index >= 15 is 0 Å². The predicted molar refractivity (Wildman–Crippen MR) is 111 cm³/mol. The molecule has 1 atom stereocenters. The van der Waals surface area contributed by atoms with Crippen LogP contribution in [0, 0.1) is 0 Å². The molecule has 0 saturated carbocycles. The summed E-state index contributed by atoms with van der Waals surface area (Å²) in [5.74, 6) is 0.766. The highest BCUT2D eigenvalue weighted by atomic mass is 35.5. The predicted octanol–water partition coefficient (Wildman–Crippen LogP) is 4.12. The van der Waals surface area contributed by atoms with Gasteiger partial charge in [0, 0.05) is 17.2 Å². The summed E-state index contributed by atoms with van der Waals surface area (Å²) < 4.78 is 11.3. The van der Waals surface area contributed by atoms with Crippen LogP contribution < -0.4 is 15.4 Å². The van der Waals surface area contributed by atoms with Gasteiger partial charge >= 0.3 is 0 Å². The van der Waals surface area contributed by atoms with Gasteiger partial charge in [-0.1, -0.05) is 23.7 Å². The fourth-order valence-corrected chi connectivity index (χ4v) is 2.98. The summed E-state index contributed by atoms with van der Waals surface area (Å²) in [4.78, 5) is 17.2. The van der Waals surface area contributed by atoms with E-state index in [0.717, 1.165) is 25.1 Å². The lowest BCUT2D eigenvalue weighted by Crippen LogP contribution is -2.36. The number of nitrogens with zero attached hydrogens (tertiary/aromatic N) is 1. The molecule has 1 fully saturated rings. The number of benzene rings is 2. The maximum absolute atomic E-state index is 12.6. The van der Waals surface area contributed by atoms with Gasteiger partial charge in [-0.15, -0.1) is 0 Å². The zero-order chi connectivity index (χ0) is 19.8. The smallest absolute Gasteiger partial charge is 0.257 e. The first-order chi connectivity index (χ1) is 13.7. The molecule has 1 aliphatic heterocycles. The van der Waals surface area contributed by atoms with Crippen molar-refractivity contribution >= 4 is 29.2 Å². The van der Waals surface area contributed by atoms with Gasteiger partial charge in [0.15, 0.2) is 0 Å². The number of ether oxygens (including phenoxy) is 2. The van der Waals surface area contributed by atoms with Crippen molar-refractivity contribution in [3.8, 4) is 5.75 Å². The third kappa shape index (κ3) is 5.71. The highest BCUT2D eigenvalue weighted by molar-refractivity contribution is 6.30. The van der Waals surface area contributed by atoms with Crippen LogP contribution in [0.4, 0.5) is 5.69 Å². The summed E-state index contributed by atoms with van der Waals surface area (Å²) in [6.45, 7) is 3.69. The molecule has 148 valence electrons. The van der Waals surface area contributed by atoms with Crippen molar-refractivity contribution in [2.75, 3.05) is 25.1 Å². The number of hydrogen-bond donors (Lipinski definition) is 2. The Kier molecular flexibility index (Phi) is 7.28. The maximum atomic E-state index is 12.6. The van der Waals surface area contributed by atoms with Crippen molar-refractivity contribution in [1.82, 2.24) is 5.32 Å². The van der Waals surface area contributed by atoms with Crippen LogP contribution in [0.2, 0.25) is 5.02 Å². The second-order valence-electron chi connectivity index (χ2n) is 6.34. The number of aliphatic imine (C=N–C) groups is 1. The topological polar surface area (TPSA) is 71.9 Å². The quantitative estimate of drug-likeness (QED) is 0.564. The number of rotatable bonds is 6. The molecule has 0 unspecified atom stereocenters. The van der Waals surface area contributed by atoms with Crippen molar-refractivity contribution in [1.29, 1.82) is 0 Å². The van der Waals surface area contributed by atoms with E-state index in [1.165, 1.54) is 0 Å². The van der Waals surface area contributed by atoms with Crippen molar-refractivity contribution in [3.63, 3.8) is 0 Å². The maximum Gasteiger partial charge on any atom is 0.257 e. The van der Waals surface area contributed by atoms with Gasteiger partial charge in [0.2, 0.25) is 5.96 Å². The summed E-state index contributed by atoms with van der Waals surface area (Å²) in [5, 5.41) is 6.60. The number of amides is 1. The highest BCUT2D eigenvalue weighted by Crippen LogP contribution is 2.23. The zero-order valence-corrected chi connectivity index (χ0v) is 16.5. The second-order valence-corrected chi connectivity index (χ2v) is 6.78. The minimum absolute atomic E-state index is 0.0753. The van der Waals surface area contributed by atoms with Crippen LogP contribution in [0.15, 0.2) is 53.5 Å². The number of nitrogens with one attached hydrogen (secondary N) is 2. The summed E-state index contributed by atoms with van der Waals surface area (Å²) in [6.07, 6.45) is 2.08. The van der Waals surface area contributed by atoms with Crippen LogP contribution in [0.5, 0.6) is 5.75 Å². The van der Waals surface area contributed by atoms with Crippen molar-refractivity contribution in [3.05, 3.63) is 59.1 Å². The summed E-state index contributed by atoms with van der Waals surface area (Å²) >= 11 is 5.90. The third-order valence-electron chi connectivity index (χ3n) is 4.26. The largest absolute Gasteiger partial charge is 0.492 e. The Morgan fingerprint density at radius 1 is 1.25 bits per heavy atom. The van der Waals surface area contributed by atoms with Crippen molar-refractivity contribution in [2.45, 2.75) is 25.9 Å². The van der Waals surface area contributed by atoms with E-state index in [2.05, 4.69) is 15.6 Å². The number of halogens is 1. The molecule has 2 N–H and O–H groups in total. The van der Waals surface area contributed by atoms with E-state index in [0.29, 0.717) is 35.4 Å². The molecular formula is C21H24ClN3O3. The molecule has 1 amide bonds. The molecule has 0 aliphatic carbocycles. The molecule has 0 radical (unpaired) electrons. The third-order valence-corrected chi connectivity index (χ3v) is 4.51. The first-order valence-electron chi connectivity index (χ1n) is 9.37. The average Bonchev–Trinajstić information content (AvgIpc) is 3.22. The lowest BCUT2D eigenvalue weighted by molar-refractivity contribution is 0.0975.